The first-order chi connectivity index (χ1) is 15.4. The van der Waals surface area contributed by atoms with E-state index in [1.165, 1.54) is 29.5 Å². The fraction of sp³-hybridized carbons (Fsp3) is 0.0400. The summed E-state index contributed by atoms with van der Waals surface area (Å²) in [5, 5.41) is 8.44. The van der Waals surface area contributed by atoms with Gasteiger partial charge in [-0.25, -0.2) is 0 Å². The molecule has 2 heterocycles. The van der Waals surface area contributed by atoms with Crippen molar-refractivity contribution >= 4 is 39.3 Å². The molecule has 1 N–H and O–H groups in total. The van der Waals surface area contributed by atoms with Gasteiger partial charge in [-0.1, -0.05) is 36.4 Å². The summed E-state index contributed by atoms with van der Waals surface area (Å²) in [6, 6.07) is 14.2. The zero-order valence-corrected chi connectivity index (χ0v) is 17.5. The smallest absolute Gasteiger partial charge is 0.322 e. The Bertz CT molecular complexity index is 1290. The lowest BCUT2D eigenvalue weighted by Gasteiger charge is -2.09. The average Bonchev–Trinajstić information content (AvgIpc) is 3.31. The Morgan fingerprint density at radius 2 is 1.81 bits per heavy atom. The van der Waals surface area contributed by atoms with Crippen LogP contribution in [-0.2, 0) is 11.0 Å². The second-order valence-electron chi connectivity index (χ2n) is 6.92. The first kappa shape index (κ1) is 21.5. The molecule has 160 valence electrons. The standard InChI is InChI=1S/C25H17F3N2OS/c26-25(27,28)20-9-7-17(8-10-20)21(19-12-14-32-16-19)4-2-6-24(31)30-23-5-1-3-18-15-29-13-11-22(18)23/h1-16H,(H,30,31). The molecule has 2 aromatic carbocycles. The van der Waals surface area contributed by atoms with E-state index in [0.717, 1.165) is 34.0 Å². The number of rotatable bonds is 5. The summed E-state index contributed by atoms with van der Waals surface area (Å²) in [5.74, 6) is -0.317. The second-order valence-corrected chi connectivity index (χ2v) is 7.70. The molecule has 0 spiro atoms. The van der Waals surface area contributed by atoms with E-state index in [2.05, 4.69) is 10.3 Å². The first-order valence-electron chi connectivity index (χ1n) is 9.64. The van der Waals surface area contributed by atoms with E-state index in [9.17, 15) is 18.0 Å². The molecule has 4 rings (SSSR count). The van der Waals surface area contributed by atoms with Crippen LogP contribution >= 0.6 is 11.3 Å². The summed E-state index contributed by atoms with van der Waals surface area (Å²) in [6.07, 6.45) is 3.69. The number of fused-ring (bicyclic) bond motifs is 1. The zero-order valence-electron chi connectivity index (χ0n) is 16.6. The third-order valence-corrected chi connectivity index (χ3v) is 5.49. The lowest BCUT2D eigenvalue weighted by atomic mass is 9.98. The van der Waals surface area contributed by atoms with Gasteiger partial charge >= 0.3 is 6.18 Å². The molecular weight excluding hydrogens is 433 g/mol. The largest absolute Gasteiger partial charge is 0.416 e. The van der Waals surface area contributed by atoms with Gasteiger partial charge in [-0.15, -0.1) is 0 Å². The summed E-state index contributed by atoms with van der Waals surface area (Å²) < 4.78 is 38.7. The minimum atomic E-state index is -4.39. The van der Waals surface area contributed by atoms with Crippen LogP contribution in [0.3, 0.4) is 0 Å². The molecule has 0 aliphatic heterocycles. The Kier molecular flexibility index (Phi) is 6.18. The number of benzene rings is 2. The van der Waals surface area contributed by atoms with Crippen molar-refractivity contribution in [2.75, 3.05) is 5.32 Å². The molecule has 0 atom stereocenters. The van der Waals surface area contributed by atoms with E-state index in [1.807, 2.05) is 41.1 Å². The van der Waals surface area contributed by atoms with Gasteiger partial charge < -0.3 is 5.32 Å². The first-order valence-corrected chi connectivity index (χ1v) is 10.6. The maximum absolute atomic E-state index is 12.9. The number of aromatic nitrogens is 1. The molecule has 0 fully saturated rings. The highest BCUT2D eigenvalue weighted by Crippen LogP contribution is 2.32. The van der Waals surface area contributed by atoms with Crippen LogP contribution in [0.15, 0.2) is 96.0 Å². The van der Waals surface area contributed by atoms with Crippen molar-refractivity contribution in [2.45, 2.75) is 6.18 Å². The zero-order chi connectivity index (χ0) is 22.6. The Morgan fingerprint density at radius 1 is 1.00 bits per heavy atom. The molecule has 32 heavy (non-hydrogen) atoms. The molecule has 1 amide bonds. The van der Waals surface area contributed by atoms with Gasteiger partial charge in [0.05, 0.1) is 5.56 Å². The number of carbonyl (C=O) groups is 1. The van der Waals surface area contributed by atoms with Gasteiger partial charge in [-0.2, -0.15) is 24.5 Å². The van der Waals surface area contributed by atoms with Gasteiger partial charge in [-0.05, 0) is 57.8 Å². The topological polar surface area (TPSA) is 42.0 Å². The monoisotopic (exact) mass is 450 g/mol. The molecular formula is C25H17F3N2OS. The van der Waals surface area contributed by atoms with Crippen LogP contribution in [0.5, 0.6) is 0 Å². The Morgan fingerprint density at radius 3 is 2.53 bits per heavy atom. The van der Waals surface area contributed by atoms with Crippen LogP contribution in [0.4, 0.5) is 18.9 Å². The molecule has 0 saturated carbocycles. The van der Waals surface area contributed by atoms with Gasteiger partial charge in [0, 0.05) is 34.9 Å². The van der Waals surface area contributed by atoms with Crippen molar-refractivity contribution < 1.29 is 18.0 Å². The summed E-state index contributed by atoms with van der Waals surface area (Å²) in [4.78, 5) is 16.5. The summed E-state index contributed by atoms with van der Waals surface area (Å²) >= 11 is 1.48. The quantitative estimate of drug-likeness (QED) is 0.264. The maximum atomic E-state index is 12.9. The number of nitrogens with one attached hydrogen (secondary N) is 1. The number of thiophene rings is 1. The summed E-state index contributed by atoms with van der Waals surface area (Å²) in [5.41, 5.74) is 2.18. The van der Waals surface area contributed by atoms with Crippen molar-refractivity contribution in [1.82, 2.24) is 4.98 Å². The molecule has 0 radical (unpaired) electrons. The molecule has 3 nitrogen and oxygen atoms in total. The fourth-order valence-electron chi connectivity index (χ4n) is 3.25. The lowest BCUT2D eigenvalue weighted by Crippen LogP contribution is -2.08. The van der Waals surface area contributed by atoms with Crippen molar-refractivity contribution in [1.29, 1.82) is 0 Å². The number of hydrogen-bond acceptors (Lipinski definition) is 3. The number of pyridine rings is 1. The lowest BCUT2D eigenvalue weighted by molar-refractivity contribution is -0.137. The number of amides is 1. The minimum absolute atomic E-state index is 0.317. The summed E-state index contributed by atoms with van der Waals surface area (Å²) in [6.45, 7) is 0. The molecule has 4 aromatic rings. The van der Waals surface area contributed by atoms with Crippen molar-refractivity contribution in [3.8, 4) is 0 Å². The van der Waals surface area contributed by atoms with Gasteiger partial charge in [0.15, 0.2) is 0 Å². The highest BCUT2D eigenvalue weighted by molar-refractivity contribution is 7.08. The third kappa shape index (κ3) is 4.95. The van der Waals surface area contributed by atoms with Crippen LogP contribution in [0.1, 0.15) is 16.7 Å². The average molecular weight is 450 g/mol. The van der Waals surface area contributed by atoms with E-state index in [1.54, 1.807) is 24.5 Å². The number of allylic oxidation sites excluding steroid dienone is 2. The second kappa shape index (κ2) is 9.20. The highest BCUT2D eigenvalue weighted by Gasteiger charge is 2.30. The molecule has 0 unspecified atom stereocenters. The van der Waals surface area contributed by atoms with Crippen LogP contribution in [0, 0.1) is 0 Å². The van der Waals surface area contributed by atoms with Gasteiger partial charge in [-0.3, -0.25) is 9.78 Å². The number of carbonyl (C=O) groups excluding carboxylic acids is 1. The normalized spacial score (nSPS) is 12.4. The third-order valence-electron chi connectivity index (χ3n) is 4.80. The van der Waals surface area contributed by atoms with E-state index in [4.69, 9.17) is 0 Å². The SMILES string of the molecule is O=C(C=CC=C(c1ccc(C(F)(F)F)cc1)c1ccsc1)Nc1cccc2cnccc12. The van der Waals surface area contributed by atoms with E-state index < -0.39 is 11.7 Å². The predicted octanol–water partition coefficient (Wildman–Crippen LogP) is 6.94. The minimum Gasteiger partial charge on any atom is -0.322 e. The number of halogens is 3. The van der Waals surface area contributed by atoms with E-state index in [0.29, 0.717) is 11.3 Å². The Balaban J connectivity index is 1.57. The molecule has 2 aromatic heterocycles. The van der Waals surface area contributed by atoms with Crippen molar-refractivity contribution in [2.24, 2.45) is 0 Å². The highest BCUT2D eigenvalue weighted by atomic mass is 32.1. The molecule has 0 bridgehead atoms. The van der Waals surface area contributed by atoms with Gasteiger partial charge in [0.25, 0.3) is 0 Å². The molecule has 0 aliphatic carbocycles. The number of nitrogens with zero attached hydrogens (tertiary/aromatic N) is 1. The molecule has 0 saturated heterocycles. The molecule has 7 heteroatoms. The van der Waals surface area contributed by atoms with Crippen molar-refractivity contribution in [3.63, 3.8) is 0 Å². The Hall–Kier alpha value is -3.71. The fourth-order valence-corrected chi connectivity index (χ4v) is 3.91. The predicted molar refractivity (Wildman–Crippen MR) is 122 cm³/mol. The maximum Gasteiger partial charge on any atom is 0.416 e. The van der Waals surface area contributed by atoms with E-state index >= 15 is 0 Å². The number of hydrogen-bond donors (Lipinski definition) is 1. The summed E-state index contributed by atoms with van der Waals surface area (Å²) in [7, 11) is 0. The van der Waals surface area contributed by atoms with Gasteiger partial charge in [0.1, 0.15) is 0 Å². The van der Waals surface area contributed by atoms with Crippen LogP contribution in [-0.4, -0.2) is 10.9 Å². The van der Waals surface area contributed by atoms with Gasteiger partial charge in [0.2, 0.25) is 5.91 Å². The van der Waals surface area contributed by atoms with E-state index in [-0.39, 0.29) is 5.91 Å². The van der Waals surface area contributed by atoms with Crippen LogP contribution in [0.2, 0.25) is 0 Å². The number of anilines is 1. The van der Waals surface area contributed by atoms with Crippen LogP contribution < -0.4 is 5.32 Å². The molecule has 0 aliphatic rings. The number of alkyl halides is 3. The van der Waals surface area contributed by atoms with Crippen molar-refractivity contribution in [3.05, 3.63) is 113 Å². The van der Waals surface area contributed by atoms with Crippen LogP contribution in [0.25, 0.3) is 16.3 Å². The Labute approximate surface area is 186 Å².